The number of aromatic nitrogens is 20. The van der Waals surface area contributed by atoms with E-state index >= 15 is 0 Å². The fraction of sp³-hybridized carbons (Fsp3) is 0.228. The van der Waals surface area contributed by atoms with Crippen LogP contribution in [0.1, 0.15) is 88.9 Å². The van der Waals surface area contributed by atoms with Crippen molar-refractivity contribution in [3.05, 3.63) is 270 Å². The van der Waals surface area contributed by atoms with Crippen molar-refractivity contribution in [3.63, 3.8) is 0 Å². The summed E-state index contributed by atoms with van der Waals surface area (Å²) in [6.45, 7) is 19.3. The molecule has 0 spiro atoms. The van der Waals surface area contributed by atoms with E-state index in [-0.39, 0.29) is 18.1 Å². The van der Waals surface area contributed by atoms with Crippen LogP contribution in [0.5, 0.6) is 17.2 Å². The van der Waals surface area contributed by atoms with Gasteiger partial charge >= 0.3 is 0 Å². The molecule has 0 aliphatic carbocycles. The zero-order chi connectivity index (χ0) is 84.2. The number of halogens is 1. The number of hydrogen-bond acceptors (Lipinski definition) is 22. The summed E-state index contributed by atoms with van der Waals surface area (Å²) in [5, 5.41) is 48.3. The smallest absolute Gasteiger partial charge is 0.137 e. The first kappa shape index (κ1) is 81.6. The van der Waals surface area contributed by atoms with E-state index in [1.807, 2.05) is 199 Å². The number of ether oxygens (including phenoxy) is 3. The minimum Gasteiger partial charge on any atom is -0.497 e. The number of aromatic amines is 1. The third-order valence-electron chi connectivity index (χ3n) is 19.7. The number of pyridine rings is 8. The summed E-state index contributed by atoms with van der Waals surface area (Å²) >= 11 is 6.22. The summed E-state index contributed by atoms with van der Waals surface area (Å²) in [7, 11) is 8.83. The molecule has 5 N–H and O–H groups in total. The molecule has 0 radical (unpaired) electrons. The molecule has 0 unspecified atom stereocenters. The molecular formula is C92H94ClN25O3. The van der Waals surface area contributed by atoms with Crippen LogP contribution in [0.3, 0.4) is 0 Å². The van der Waals surface area contributed by atoms with Crippen molar-refractivity contribution >= 4 is 73.3 Å². The van der Waals surface area contributed by atoms with E-state index in [1.165, 1.54) is 5.56 Å². The minimum absolute atomic E-state index is 0.226. The van der Waals surface area contributed by atoms with Gasteiger partial charge < -0.3 is 35.5 Å². The largest absolute Gasteiger partial charge is 0.497 e. The summed E-state index contributed by atoms with van der Waals surface area (Å²) in [4.78, 5) is 41.4. The van der Waals surface area contributed by atoms with Gasteiger partial charge in [0.15, 0.2) is 0 Å². The third kappa shape index (κ3) is 19.0. The number of H-pyrrole nitrogens is 1. The molecule has 0 fully saturated rings. The van der Waals surface area contributed by atoms with E-state index in [9.17, 15) is 0 Å². The molecule has 0 saturated carbocycles. The Labute approximate surface area is 705 Å². The summed E-state index contributed by atoms with van der Waals surface area (Å²) in [6, 6.07) is 54.6. The second-order valence-electron chi connectivity index (χ2n) is 30.1. The molecule has 0 saturated heterocycles. The third-order valence-corrected chi connectivity index (χ3v) is 19.9. The second kappa shape index (κ2) is 37.0. The molecule has 1 aliphatic heterocycles. The Morgan fingerprint density at radius 3 is 1.12 bits per heavy atom. The molecule has 0 atom stereocenters. The van der Waals surface area contributed by atoms with Crippen molar-refractivity contribution in [1.82, 2.24) is 99.0 Å². The van der Waals surface area contributed by atoms with Gasteiger partial charge in [0, 0.05) is 134 Å². The van der Waals surface area contributed by atoms with Crippen LogP contribution in [0.25, 0.3) is 101 Å². The van der Waals surface area contributed by atoms with Gasteiger partial charge in [0.25, 0.3) is 0 Å². The lowest BCUT2D eigenvalue weighted by Gasteiger charge is -2.14. The number of nitrogens with zero attached hydrogens (tertiary/aromatic N) is 20. The molecule has 18 rings (SSSR count). The molecule has 28 nitrogen and oxygen atoms in total. The van der Waals surface area contributed by atoms with Gasteiger partial charge in [-0.3, -0.25) is 53.4 Å². The molecule has 121 heavy (non-hydrogen) atoms. The number of anilines is 4. The number of hydrogen-bond donors (Lipinski definition) is 5. The monoisotopic (exact) mass is 1630 g/mol. The molecule has 29 heteroatoms. The Bertz CT molecular complexity index is 6440. The average Bonchev–Trinajstić information content (AvgIpc) is 1.62. The predicted molar refractivity (Wildman–Crippen MR) is 478 cm³/mol. The Balaban J connectivity index is 0.000000126. The van der Waals surface area contributed by atoms with Gasteiger partial charge in [-0.25, -0.2) is 19.9 Å². The highest BCUT2D eigenvalue weighted by Gasteiger charge is 2.27. The second-order valence-corrected chi connectivity index (χ2v) is 30.6. The Morgan fingerprint density at radius 1 is 0.372 bits per heavy atom. The first-order chi connectivity index (χ1) is 58.8. The van der Waals surface area contributed by atoms with Crippen molar-refractivity contribution < 1.29 is 14.2 Å². The van der Waals surface area contributed by atoms with Gasteiger partial charge in [-0.05, 0) is 205 Å². The zero-order valence-corrected chi connectivity index (χ0v) is 70.4. The first-order valence-corrected chi connectivity index (χ1v) is 40.2. The van der Waals surface area contributed by atoms with E-state index in [4.69, 9.17) is 46.1 Å². The van der Waals surface area contributed by atoms with Crippen molar-refractivity contribution in [1.29, 1.82) is 0 Å². The van der Waals surface area contributed by atoms with E-state index in [1.54, 1.807) is 67.7 Å². The van der Waals surface area contributed by atoms with E-state index < -0.39 is 0 Å². The number of aliphatic imine (C=N–C) groups is 1. The maximum absolute atomic E-state index is 6.22. The van der Waals surface area contributed by atoms with Crippen molar-refractivity contribution in [2.45, 2.75) is 106 Å². The van der Waals surface area contributed by atoms with E-state index in [0.29, 0.717) is 37.2 Å². The summed E-state index contributed by atoms with van der Waals surface area (Å²) in [6.07, 6.45) is 20.0. The Morgan fingerprint density at radius 2 is 0.736 bits per heavy atom. The normalized spacial score (nSPS) is 11.6. The molecule has 14 aromatic heterocycles. The molecule has 0 bridgehead atoms. The minimum atomic E-state index is 0.226. The fourth-order valence-corrected chi connectivity index (χ4v) is 14.3. The van der Waals surface area contributed by atoms with Crippen molar-refractivity contribution in [2.24, 2.45) is 19.1 Å². The zero-order valence-electron chi connectivity index (χ0n) is 69.6. The van der Waals surface area contributed by atoms with Crippen LogP contribution in [0.2, 0.25) is 5.02 Å². The molecule has 17 aromatic rings. The SMILES string of the molecule is CC(C)Nc1nccc2c1C(c1cc(-c3ccn(C)n3)ccn1)=NC2.COc1ccc(Cn2nc(-c3cc(-c4ccn(C)n4)ccn3)c3c(NC(C)C)nccc32)cc1.COc1ccc(Cn2nc(-c3cc(-c4ccn[nH]4)ccn3)c3c(NC(C)C)nccc32)cc1.COc1ccc(Cn2nc(-c3cc(Cl)ccn3)c3c(NC(C)C)nccc32)cc1. The molecular weight excluding hydrogens is 1540 g/mol. The lowest BCUT2D eigenvalue weighted by atomic mass is 10.0. The van der Waals surface area contributed by atoms with Gasteiger partial charge in [-0.1, -0.05) is 48.0 Å². The number of nitrogens with one attached hydrogen (secondary N) is 5. The number of methoxy groups -OCH3 is 3. The molecule has 612 valence electrons. The van der Waals surface area contributed by atoms with Crippen molar-refractivity contribution in [2.75, 3.05) is 42.6 Å². The summed E-state index contributed by atoms with van der Waals surface area (Å²) < 4.78 is 25.4. The highest BCUT2D eigenvalue weighted by molar-refractivity contribution is 6.30. The summed E-state index contributed by atoms with van der Waals surface area (Å²) in [5.74, 6) is 5.75. The molecule has 15 heterocycles. The maximum Gasteiger partial charge on any atom is 0.137 e. The van der Waals surface area contributed by atoms with Crippen LogP contribution >= 0.6 is 11.6 Å². The van der Waals surface area contributed by atoms with E-state index in [0.717, 1.165) is 175 Å². The number of fused-ring (bicyclic) bond motifs is 4. The van der Waals surface area contributed by atoms with Gasteiger partial charge in [0.2, 0.25) is 0 Å². The number of rotatable bonds is 24. The van der Waals surface area contributed by atoms with Gasteiger partial charge in [-0.15, -0.1) is 0 Å². The Kier molecular flexibility index (Phi) is 24.9. The average molecular weight is 1630 g/mol. The van der Waals surface area contributed by atoms with Crippen LogP contribution < -0.4 is 35.5 Å². The highest BCUT2D eigenvalue weighted by atomic mass is 35.5. The number of aryl methyl sites for hydroxylation is 2. The predicted octanol–water partition coefficient (Wildman–Crippen LogP) is 17.6. The Hall–Kier alpha value is -14.5. The molecule has 3 aromatic carbocycles. The lowest BCUT2D eigenvalue weighted by molar-refractivity contribution is 0.414. The lowest BCUT2D eigenvalue weighted by Crippen LogP contribution is -2.16. The van der Waals surface area contributed by atoms with Gasteiger partial charge in [0.05, 0.1) is 126 Å². The highest BCUT2D eigenvalue weighted by Crippen LogP contribution is 2.39. The quantitative estimate of drug-likeness (QED) is 0.0375. The van der Waals surface area contributed by atoms with Gasteiger partial charge in [0.1, 0.15) is 57.6 Å². The maximum atomic E-state index is 6.22. The van der Waals surface area contributed by atoms with Crippen LogP contribution in [0.4, 0.5) is 23.3 Å². The van der Waals surface area contributed by atoms with Crippen LogP contribution in [0, 0.1) is 0 Å². The standard InChI is InChI=1S/C26H27N7O.C25H25N7O.C22H22ClN5O.C19H20N6/c1-17(2)29-26-24-23(10-13-28-26)33(16-18-5-7-20(34-4)8-6-18)31-25(24)22-15-19(9-12-27-22)21-11-14-32(3)30-21;1-16(2)29-25-23-22(10-12-27-25)32(15-17-4-6-19(33-3)7-5-17)31-24(23)21-14-18(8-11-26-21)20-9-13-28-30-20;1-14(2)26-22-20-19(9-11-25-22)28(13-15-4-6-17(29-3)7-5-15)27-21(20)18-12-16(23)8-10-24-18;1-12(2)23-19-17-14(5-8-21-19)11-22-18(17)16-10-13(4-7-20-16)15-6-9-25(3)24-15/h5-15,17H,16H2,1-4H3,(H,28,29);4-14,16H,15H2,1-3H3,(H,27,29)(H,28,30);4-12,14H,13H2,1-3H3,(H,25,26);4-10,12H,11H2,1-3H3,(H,21,23). The molecule has 1 aliphatic rings. The first-order valence-electron chi connectivity index (χ1n) is 39.9. The van der Waals surface area contributed by atoms with Gasteiger partial charge in [-0.2, -0.15) is 30.6 Å². The number of benzene rings is 3. The summed E-state index contributed by atoms with van der Waals surface area (Å²) in [5.41, 5.74) is 20.7. The molecule has 0 amide bonds. The fourth-order valence-electron chi connectivity index (χ4n) is 14.1. The van der Waals surface area contributed by atoms with Crippen LogP contribution in [-0.2, 0) is 40.3 Å². The van der Waals surface area contributed by atoms with Crippen molar-refractivity contribution in [3.8, 4) is 85.2 Å². The topological polar surface area (TPSA) is 309 Å². The van der Waals surface area contributed by atoms with Crippen LogP contribution in [0.15, 0.2) is 237 Å². The van der Waals surface area contributed by atoms with Crippen LogP contribution in [-0.4, -0.2) is 150 Å². The van der Waals surface area contributed by atoms with E-state index in [2.05, 4.69) is 161 Å².